The highest BCUT2D eigenvalue weighted by Gasteiger charge is 1.89. The van der Waals surface area contributed by atoms with Crippen LogP contribution < -0.4 is 0 Å². The van der Waals surface area contributed by atoms with Gasteiger partial charge in [-0.2, -0.15) is 0 Å². The summed E-state index contributed by atoms with van der Waals surface area (Å²) >= 11 is 0. The molecule has 2 heteroatoms. The van der Waals surface area contributed by atoms with Gasteiger partial charge in [0.25, 0.3) is 0 Å². The molecule has 0 atom stereocenters. The smallest absolute Gasteiger partial charge is 0.197 e. The van der Waals surface area contributed by atoms with Crippen LogP contribution in [0.5, 0.6) is 0 Å². The lowest BCUT2D eigenvalue weighted by Gasteiger charge is -1.82. The van der Waals surface area contributed by atoms with Crippen LogP contribution in [0.4, 0.5) is 0 Å². The molecule has 0 rings (SSSR count). The van der Waals surface area contributed by atoms with Gasteiger partial charge in [0, 0.05) is 13.5 Å². The van der Waals surface area contributed by atoms with Gasteiger partial charge in [-0.3, -0.25) is 0 Å². The van der Waals surface area contributed by atoms with E-state index in [0.717, 1.165) is 0 Å². The van der Waals surface area contributed by atoms with Gasteiger partial charge in [0.1, 0.15) is 5.57 Å². The summed E-state index contributed by atoms with van der Waals surface area (Å²) in [5, 5.41) is 0. The molecule has 2 nitrogen and oxygen atoms in total. The second kappa shape index (κ2) is 1.50. The quantitative estimate of drug-likeness (QED) is 0.343. The second-order valence-corrected chi connectivity index (χ2v) is 0.933. The number of amides is 1. The van der Waals surface area contributed by atoms with E-state index in [0.29, 0.717) is 0 Å². The summed E-state index contributed by atoms with van der Waals surface area (Å²) in [6, 6.07) is 0. The van der Waals surface area contributed by atoms with E-state index in [-0.39, 0.29) is 5.57 Å². The van der Waals surface area contributed by atoms with Crippen LogP contribution in [0, 0.1) is 6.92 Å². The van der Waals surface area contributed by atoms with E-state index in [1.54, 1.807) is 0 Å². The molecule has 0 heterocycles. The predicted molar refractivity (Wildman–Crippen MR) is 23.8 cm³/mol. The van der Waals surface area contributed by atoms with E-state index in [1.807, 2.05) is 0 Å². The van der Waals surface area contributed by atoms with Gasteiger partial charge in [0.2, 0.25) is 0 Å². The molecular weight excluding hydrogens is 78.0 g/mol. The van der Waals surface area contributed by atoms with Crippen molar-refractivity contribution in [2.24, 2.45) is 0 Å². The Hall–Kier alpha value is -0.920. The molecule has 1 amide bonds. The van der Waals surface area contributed by atoms with E-state index in [1.165, 1.54) is 0 Å². The number of hydrogen-bond acceptors (Lipinski definition) is 1. The highest BCUT2D eigenvalue weighted by Crippen LogP contribution is 1.84. The van der Waals surface area contributed by atoms with Gasteiger partial charge in [-0.05, 0) is 0 Å². The molecule has 0 saturated heterocycles. The molecule has 0 saturated carbocycles. The number of nitrogens with one attached hydrogen (secondary N) is 1. The first-order chi connectivity index (χ1) is 2.64. The lowest BCUT2D eigenvalue weighted by Crippen LogP contribution is -1.85. The molecule has 0 aliphatic heterocycles. The first kappa shape index (κ1) is 5.08. The van der Waals surface area contributed by atoms with E-state index < -0.39 is 5.91 Å². The fourth-order valence-electron chi connectivity index (χ4n) is 0. The van der Waals surface area contributed by atoms with Crippen molar-refractivity contribution in [2.75, 3.05) is 0 Å². The van der Waals surface area contributed by atoms with Gasteiger partial charge in [-0.1, -0.05) is 0 Å². The Balaban J connectivity index is 3.57. The van der Waals surface area contributed by atoms with Crippen molar-refractivity contribution < 1.29 is 4.79 Å². The maximum Gasteiger partial charge on any atom is 0.197 e. The van der Waals surface area contributed by atoms with Crippen LogP contribution in [0.2, 0.25) is 0 Å². The predicted octanol–water partition coefficient (Wildman–Crippen LogP) is 0.955. The van der Waals surface area contributed by atoms with Crippen molar-refractivity contribution in [2.45, 2.75) is 0 Å². The zero-order valence-electron chi connectivity index (χ0n) is 3.32. The van der Waals surface area contributed by atoms with Crippen LogP contribution in [0.15, 0.2) is 12.2 Å². The van der Waals surface area contributed by atoms with Crippen molar-refractivity contribution in [3.63, 3.8) is 0 Å². The van der Waals surface area contributed by atoms with Crippen LogP contribution in [0.3, 0.4) is 0 Å². The largest absolute Gasteiger partial charge is 0.601 e. The average molecular weight is 83.1 g/mol. The number of carbonyl (C=O) groups is 1. The molecule has 0 bridgehead atoms. The van der Waals surface area contributed by atoms with Crippen LogP contribution in [-0.4, -0.2) is 5.91 Å². The molecule has 0 aliphatic rings. The van der Waals surface area contributed by atoms with E-state index in [2.05, 4.69) is 13.5 Å². The fraction of sp³-hybridized carbons (Fsp3) is 0. The molecule has 32 valence electrons. The lowest BCUT2D eigenvalue weighted by molar-refractivity contribution is -0.111. The van der Waals surface area contributed by atoms with Crippen molar-refractivity contribution in [1.29, 1.82) is 0 Å². The highest BCUT2D eigenvalue weighted by atomic mass is 16.1. The molecule has 0 radical (unpaired) electrons. The molecule has 0 aromatic heterocycles. The maximum atomic E-state index is 9.65. The first-order valence-corrected chi connectivity index (χ1v) is 1.41. The molecule has 0 fully saturated rings. The SMILES string of the molecule is C=C([CH2+])C([NH-])=O. The third kappa shape index (κ3) is 1.40. The normalized spacial score (nSPS) is 7.33. The average Bonchev–Trinajstić information content (AvgIpc) is 1.36. The van der Waals surface area contributed by atoms with E-state index in [4.69, 9.17) is 5.73 Å². The third-order valence-corrected chi connectivity index (χ3v) is 0.321. The molecule has 0 aromatic carbocycles. The highest BCUT2D eigenvalue weighted by molar-refractivity contribution is 5.99. The Morgan fingerprint density at radius 2 is 2.00 bits per heavy atom. The number of carbonyl (C=O) groups excluding carboxylic acids is 1. The van der Waals surface area contributed by atoms with Crippen molar-refractivity contribution >= 4 is 5.91 Å². The summed E-state index contributed by atoms with van der Waals surface area (Å²) in [6.07, 6.45) is 0. The molecular formula is C4H5NO. The minimum atomic E-state index is -0.796. The van der Waals surface area contributed by atoms with Gasteiger partial charge < -0.3 is 5.73 Å². The van der Waals surface area contributed by atoms with Gasteiger partial charge >= 0.3 is 0 Å². The Bertz CT molecular complexity index is 73.5. The number of hydrogen-bond donors (Lipinski definition) is 0. The van der Waals surface area contributed by atoms with Crippen LogP contribution in [-0.2, 0) is 4.79 Å². The summed E-state index contributed by atoms with van der Waals surface area (Å²) in [4.78, 5) is 9.65. The van der Waals surface area contributed by atoms with Crippen molar-refractivity contribution in [3.8, 4) is 0 Å². The summed E-state index contributed by atoms with van der Waals surface area (Å²) < 4.78 is 0. The Morgan fingerprint density at radius 3 is 2.00 bits per heavy atom. The minimum absolute atomic E-state index is 0.0370. The Labute approximate surface area is 36.6 Å². The zero-order valence-corrected chi connectivity index (χ0v) is 3.32. The van der Waals surface area contributed by atoms with Gasteiger partial charge in [-0.25, -0.2) is 4.79 Å². The third-order valence-electron chi connectivity index (χ3n) is 0.321. The van der Waals surface area contributed by atoms with Crippen LogP contribution >= 0.6 is 0 Å². The van der Waals surface area contributed by atoms with Crippen molar-refractivity contribution in [3.05, 3.63) is 24.8 Å². The molecule has 6 heavy (non-hydrogen) atoms. The van der Waals surface area contributed by atoms with Gasteiger partial charge in [-0.15, -0.1) is 0 Å². The first-order valence-electron chi connectivity index (χ1n) is 1.41. The van der Waals surface area contributed by atoms with Crippen molar-refractivity contribution in [1.82, 2.24) is 0 Å². The lowest BCUT2D eigenvalue weighted by atomic mass is 10.3. The van der Waals surface area contributed by atoms with Gasteiger partial charge in [0.05, 0.1) is 0 Å². The van der Waals surface area contributed by atoms with E-state index >= 15 is 0 Å². The molecule has 0 aliphatic carbocycles. The van der Waals surface area contributed by atoms with Gasteiger partial charge in [0.15, 0.2) is 5.91 Å². The maximum absolute atomic E-state index is 9.65. The molecule has 0 unspecified atom stereocenters. The standard InChI is InChI=1S/C4H5NO/c1-3(2)4(5)6/h1-2H2,(H-,5,6). The molecule has 0 aromatic rings. The summed E-state index contributed by atoms with van der Waals surface area (Å²) in [7, 11) is 0. The Morgan fingerprint density at radius 1 is 1.83 bits per heavy atom. The van der Waals surface area contributed by atoms with E-state index in [9.17, 15) is 4.79 Å². The zero-order chi connectivity index (χ0) is 5.15. The second-order valence-electron chi connectivity index (χ2n) is 0.933. The Kier molecular flexibility index (Phi) is 1.27. The fourth-order valence-corrected chi connectivity index (χ4v) is 0. The summed E-state index contributed by atoms with van der Waals surface area (Å²) in [5.74, 6) is -0.796. The van der Waals surface area contributed by atoms with Crippen LogP contribution in [0.25, 0.3) is 5.73 Å². The molecule has 1 N–H and O–H groups in total. The number of rotatable bonds is 1. The molecule has 0 spiro atoms. The van der Waals surface area contributed by atoms with Crippen LogP contribution in [0.1, 0.15) is 0 Å². The monoisotopic (exact) mass is 83.0 g/mol. The minimum Gasteiger partial charge on any atom is -0.601 e. The topological polar surface area (TPSA) is 40.9 Å². The summed E-state index contributed by atoms with van der Waals surface area (Å²) in [6.45, 7) is 6.21. The summed E-state index contributed by atoms with van der Waals surface area (Å²) in [5.41, 5.74) is 6.27.